The third-order valence-electron chi connectivity index (χ3n) is 9.53. The van der Waals surface area contributed by atoms with Crippen molar-refractivity contribution < 1.29 is 52.2 Å². The smallest absolute Gasteiger partial charge is 0.305 e. The van der Waals surface area contributed by atoms with Gasteiger partial charge >= 0.3 is 5.97 Å². The van der Waals surface area contributed by atoms with E-state index in [0.717, 1.165) is 58.2 Å². The molecule has 0 amide bonds. The van der Waals surface area contributed by atoms with Gasteiger partial charge in [0.1, 0.15) is 77.2 Å². The summed E-state index contributed by atoms with van der Waals surface area (Å²) in [7, 11) is 0. The first-order valence-corrected chi connectivity index (χ1v) is 22.8. The van der Waals surface area contributed by atoms with Crippen molar-refractivity contribution in [2.75, 3.05) is 33.0 Å². The summed E-state index contributed by atoms with van der Waals surface area (Å²) in [6.07, 6.45) is 3.40. The minimum atomic E-state index is -0.183. The molecule has 7 aromatic rings. The van der Waals surface area contributed by atoms with E-state index in [0.29, 0.717) is 51.8 Å². The molecule has 8 rings (SSSR count). The predicted molar refractivity (Wildman–Crippen MR) is 260 cm³/mol. The fraction of sp³-hybridized carbons (Fsp3) is 0.250. The van der Waals surface area contributed by atoms with Gasteiger partial charge in [-0.15, -0.1) is 0 Å². The van der Waals surface area contributed by atoms with Crippen LogP contribution in [0.15, 0.2) is 188 Å². The molecule has 0 saturated carbocycles. The Labute approximate surface area is 399 Å². The second-order valence-corrected chi connectivity index (χ2v) is 15.1. The lowest BCUT2D eigenvalue weighted by Gasteiger charge is -2.15. The van der Waals surface area contributed by atoms with Crippen molar-refractivity contribution in [3.05, 3.63) is 188 Å². The average Bonchev–Trinajstić information content (AvgIpc) is 3.85. The molecule has 0 spiro atoms. The number of hydrogen-bond acceptors (Lipinski definition) is 12. The van der Waals surface area contributed by atoms with Gasteiger partial charge in [0.2, 0.25) is 5.88 Å². The highest BCUT2D eigenvalue weighted by molar-refractivity contribution is 5.69. The molecule has 2 heterocycles. The summed E-state index contributed by atoms with van der Waals surface area (Å²) in [6.45, 7) is 8.22. The Kier molecular flexibility index (Phi) is 20.9. The lowest BCUT2D eigenvalue weighted by molar-refractivity contribution is -0.143. The number of hydrogen-bond donors (Lipinski definition) is 0. The van der Waals surface area contributed by atoms with Crippen LogP contribution < -0.4 is 33.2 Å². The molecule has 354 valence electrons. The number of pyridine rings is 1. The molecule has 3 unspecified atom stereocenters. The summed E-state index contributed by atoms with van der Waals surface area (Å²) in [5.41, 5.74) is 0. The molecule has 1 fully saturated rings. The van der Waals surface area contributed by atoms with Crippen molar-refractivity contribution >= 4 is 5.97 Å². The summed E-state index contributed by atoms with van der Waals surface area (Å²) in [5.74, 6) is 7.46. The molecule has 1 saturated heterocycles. The van der Waals surface area contributed by atoms with Crippen LogP contribution in [0.1, 0.15) is 40.0 Å². The summed E-state index contributed by atoms with van der Waals surface area (Å²) in [6, 6.07) is 57.0. The molecule has 6 aromatic carbocycles. The Morgan fingerprint density at radius 3 is 1.49 bits per heavy atom. The van der Waals surface area contributed by atoms with Gasteiger partial charge in [-0.1, -0.05) is 67.6 Å². The quantitative estimate of drug-likeness (QED) is 0.0504. The second kappa shape index (κ2) is 28.5. The van der Waals surface area contributed by atoms with Crippen LogP contribution in [0.2, 0.25) is 0 Å². The Morgan fingerprint density at radius 1 is 0.574 bits per heavy atom. The lowest BCUT2D eigenvalue weighted by Crippen LogP contribution is -2.21. The number of nitrogens with zero attached hydrogens (tertiary/aromatic N) is 1. The average molecular weight is 922 g/mol. The van der Waals surface area contributed by atoms with Gasteiger partial charge in [-0.3, -0.25) is 4.79 Å². The predicted octanol–water partition coefficient (Wildman–Crippen LogP) is 12.9. The molecular weight excluding hydrogens is 863 g/mol. The number of carbonyl (C=O) groups excluding carboxylic acids is 1. The zero-order chi connectivity index (χ0) is 47.4. The second-order valence-electron chi connectivity index (χ2n) is 15.1. The maximum absolute atomic E-state index is 11.2. The number of rotatable bonds is 21. The molecule has 3 atom stereocenters. The van der Waals surface area contributed by atoms with Crippen LogP contribution in [0, 0.1) is 0 Å². The molecular formula is C56H59NO11. The number of esters is 1. The van der Waals surface area contributed by atoms with E-state index in [4.69, 9.17) is 47.4 Å². The van der Waals surface area contributed by atoms with E-state index in [1.165, 1.54) is 0 Å². The van der Waals surface area contributed by atoms with Gasteiger partial charge in [-0.25, -0.2) is 4.98 Å². The SMILES string of the molecule is CC(COc1ccc(Oc2ccccc2)cc1)Oc1ccccn1.CCC1OCC(COc2ccc(Oc3ccccc3)cc2)O1.CCOC(=O)CCCOc1ccc(Oc2ccccc2)cc1. The Balaban J connectivity index is 0.000000168. The van der Waals surface area contributed by atoms with Gasteiger partial charge in [-0.05, 0) is 142 Å². The molecule has 0 aliphatic carbocycles. The van der Waals surface area contributed by atoms with Crippen molar-refractivity contribution in [3.8, 4) is 57.6 Å². The molecule has 0 radical (unpaired) electrons. The van der Waals surface area contributed by atoms with E-state index in [-0.39, 0.29) is 24.5 Å². The molecule has 1 aliphatic rings. The molecule has 1 aliphatic heterocycles. The Morgan fingerprint density at radius 2 is 1.03 bits per heavy atom. The van der Waals surface area contributed by atoms with Crippen molar-refractivity contribution in [1.82, 2.24) is 4.98 Å². The first-order chi connectivity index (χ1) is 33.4. The number of ether oxygens (including phenoxy) is 10. The summed E-state index contributed by atoms with van der Waals surface area (Å²) < 4.78 is 55.9. The van der Waals surface area contributed by atoms with E-state index in [9.17, 15) is 4.79 Å². The molecule has 0 N–H and O–H groups in total. The third kappa shape index (κ3) is 18.7. The standard InChI is InChI=1S/C20H19NO3.2C18H20O4/c1-16(23-20-9-5-6-14-21-20)15-22-17-10-12-19(13-11-17)24-18-7-3-2-4-8-18;1-2-18-20-13-17(22-18)12-19-14-8-10-16(11-9-14)21-15-6-4-3-5-7-15;1-2-20-18(19)9-6-14-21-15-10-12-17(13-11-15)22-16-7-4-3-5-8-16/h2-14,16H,15H2,1H3;3-11,17-18H,2,12-13H2,1H3;3-5,7-8,10-13H,2,6,9,14H2,1H3. The van der Waals surface area contributed by atoms with Gasteiger partial charge in [0.25, 0.3) is 0 Å². The Hall–Kier alpha value is -7.54. The number of aromatic nitrogens is 1. The van der Waals surface area contributed by atoms with Crippen LogP contribution in [0.5, 0.6) is 57.6 Å². The van der Waals surface area contributed by atoms with Crippen molar-refractivity contribution in [2.24, 2.45) is 0 Å². The van der Waals surface area contributed by atoms with Crippen LogP contribution in [-0.2, 0) is 19.0 Å². The van der Waals surface area contributed by atoms with Gasteiger partial charge < -0.3 is 47.4 Å². The highest BCUT2D eigenvalue weighted by Gasteiger charge is 2.25. The van der Waals surface area contributed by atoms with E-state index in [2.05, 4.69) is 4.98 Å². The minimum Gasteiger partial charge on any atom is -0.494 e. The highest BCUT2D eigenvalue weighted by Crippen LogP contribution is 2.27. The van der Waals surface area contributed by atoms with Crippen LogP contribution in [-0.4, -0.2) is 62.5 Å². The number of benzene rings is 6. The van der Waals surface area contributed by atoms with E-state index < -0.39 is 0 Å². The van der Waals surface area contributed by atoms with Crippen LogP contribution in [0.3, 0.4) is 0 Å². The van der Waals surface area contributed by atoms with Crippen LogP contribution in [0.25, 0.3) is 0 Å². The first-order valence-electron chi connectivity index (χ1n) is 22.8. The van der Waals surface area contributed by atoms with Crippen LogP contribution >= 0.6 is 0 Å². The van der Waals surface area contributed by atoms with Gasteiger partial charge in [0.05, 0.1) is 19.8 Å². The molecule has 1 aromatic heterocycles. The van der Waals surface area contributed by atoms with E-state index >= 15 is 0 Å². The monoisotopic (exact) mass is 921 g/mol. The summed E-state index contributed by atoms with van der Waals surface area (Å²) in [5, 5.41) is 0. The highest BCUT2D eigenvalue weighted by atomic mass is 16.7. The van der Waals surface area contributed by atoms with E-state index in [1.54, 1.807) is 13.1 Å². The van der Waals surface area contributed by atoms with Gasteiger partial charge in [0, 0.05) is 18.7 Å². The van der Waals surface area contributed by atoms with Gasteiger partial charge in [-0.2, -0.15) is 0 Å². The third-order valence-corrected chi connectivity index (χ3v) is 9.53. The van der Waals surface area contributed by atoms with E-state index in [1.807, 2.05) is 196 Å². The van der Waals surface area contributed by atoms with Crippen LogP contribution in [0.4, 0.5) is 0 Å². The molecule has 12 heteroatoms. The lowest BCUT2D eigenvalue weighted by atomic mass is 10.3. The summed E-state index contributed by atoms with van der Waals surface area (Å²) >= 11 is 0. The molecule has 68 heavy (non-hydrogen) atoms. The topological polar surface area (TPSA) is 122 Å². The number of para-hydroxylation sites is 3. The van der Waals surface area contributed by atoms with Gasteiger partial charge in [0.15, 0.2) is 6.29 Å². The van der Waals surface area contributed by atoms with Crippen molar-refractivity contribution in [2.45, 2.75) is 58.5 Å². The van der Waals surface area contributed by atoms with Crippen molar-refractivity contribution in [3.63, 3.8) is 0 Å². The normalized spacial score (nSPS) is 14.0. The Bertz CT molecular complexity index is 2410. The number of carbonyl (C=O) groups is 1. The minimum absolute atomic E-state index is 0.00481. The maximum atomic E-state index is 11.2. The molecule has 0 bridgehead atoms. The van der Waals surface area contributed by atoms with Crippen molar-refractivity contribution in [1.29, 1.82) is 0 Å². The zero-order valence-electron chi connectivity index (χ0n) is 38.7. The summed E-state index contributed by atoms with van der Waals surface area (Å²) in [4.78, 5) is 15.3. The fourth-order valence-electron chi connectivity index (χ4n) is 6.19. The maximum Gasteiger partial charge on any atom is 0.305 e. The first kappa shape index (κ1) is 49.9. The largest absolute Gasteiger partial charge is 0.494 e. The zero-order valence-corrected chi connectivity index (χ0v) is 38.7. The fourth-order valence-corrected chi connectivity index (χ4v) is 6.19. The molecule has 12 nitrogen and oxygen atoms in total.